The minimum atomic E-state index is -1.15. The Morgan fingerprint density at radius 1 is 1.08 bits per heavy atom. The van der Waals surface area contributed by atoms with Crippen molar-refractivity contribution in [3.05, 3.63) is 105 Å². The summed E-state index contributed by atoms with van der Waals surface area (Å²) in [6.45, 7) is 9.67. The van der Waals surface area contributed by atoms with E-state index in [1.807, 2.05) is 50.2 Å². The first-order valence-corrected chi connectivity index (χ1v) is 18.4. The quantitative estimate of drug-likeness (QED) is 0.103. The van der Waals surface area contributed by atoms with E-state index in [-0.39, 0.29) is 44.4 Å². The molecule has 3 aromatic carbocycles. The summed E-state index contributed by atoms with van der Waals surface area (Å²) >= 11 is 13.7. The zero-order chi connectivity index (χ0) is 38.1. The Balaban J connectivity index is 1.33. The van der Waals surface area contributed by atoms with Crippen molar-refractivity contribution in [1.29, 1.82) is 5.26 Å². The van der Waals surface area contributed by atoms with Crippen molar-refractivity contribution in [3.8, 4) is 34.4 Å². The summed E-state index contributed by atoms with van der Waals surface area (Å²) in [6.07, 6.45) is 4.42. The number of pyridine rings is 1. The van der Waals surface area contributed by atoms with Crippen LogP contribution >= 0.6 is 23.2 Å². The lowest BCUT2D eigenvalue weighted by Crippen LogP contribution is -2.51. The van der Waals surface area contributed by atoms with Crippen LogP contribution in [0.5, 0.6) is 17.2 Å². The number of aliphatic hydroxyl groups excluding tert-OH is 2. The van der Waals surface area contributed by atoms with E-state index in [1.165, 1.54) is 13.1 Å². The van der Waals surface area contributed by atoms with Crippen LogP contribution in [0.25, 0.3) is 11.1 Å². The van der Waals surface area contributed by atoms with Crippen LogP contribution in [0.2, 0.25) is 10.0 Å². The van der Waals surface area contributed by atoms with Crippen molar-refractivity contribution in [1.82, 2.24) is 15.2 Å². The molecule has 2 heterocycles. The molecule has 3 atom stereocenters. The largest absolute Gasteiger partial charge is 0.489 e. The van der Waals surface area contributed by atoms with Gasteiger partial charge in [-0.1, -0.05) is 53.5 Å². The zero-order valence-corrected chi connectivity index (χ0v) is 32.0. The minimum absolute atomic E-state index is 0.0603. The van der Waals surface area contributed by atoms with Crippen LogP contribution in [-0.2, 0) is 24.6 Å². The highest BCUT2D eigenvalue weighted by molar-refractivity contribution is 6.35. The van der Waals surface area contributed by atoms with E-state index in [0.29, 0.717) is 50.5 Å². The fourth-order valence-corrected chi connectivity index (χ4v) is 6.60. The number of ketones is 1. The fourth-order valence-electron chi connectivity index (χ4n) is 6.08. The van der Waals surface area contributed by atoms with Crippen LogP contribution < -0.4 is 19.5 Å². The molecule has 0 saturated carbocycles. The summed E-state index contributed by atoms with van der Waals surface area (Å²) in [5.41, 5.74) is 4.30. The third kappa shape index (κ3) is 10.3. The van der Waals surface area contributed by atoms with Crippen molar-refractivity contribution in [3.63, 3.8) is 0 Å². The Labute approximate surface area is 321 Å². The summed E-state index contributed by atoms with van der Waals surface area (Å²) in [6, 6.07) is 19.0. The third-order valence-corrected chi connectivity index (χ3v) is 10.4. The Bertz CT molecular complexity index is 1950. The van der Waals surface area contributed by atoms with Gasteiger partial charge in [-0.15, -0.1) is 0 Å². The number of nitrogens with one attached hydrogen (secondary N) is 1. The number of aliphatic hydroxyl groups is 2. The van der Waals surface area contributed by atoms with E-state index in [1.54, 1.807) is 31.3 Å². The van der Waals surface area contributed by atoms with Crippen LogP contribution in [0.1, 0.15) is 61.4 Å². The normalized spacial score (nSPS) is 16.1. The Hall–Kier alpha value is -4.21. The molecule has 12 heteroatoms. The highest BCUT2D eigenvalue weighted by Crippen LogP contribution is 2.39. The van der Waals surface area contributed by atoms with Gasteiger partial charge in [0, 0.05) is 61.3 Å². The topological polar surface area (TPSA) is 137 Å². The number of likely N-dealkylation sites (tertiary alicyclic amines) is 1. The second-order valence-corrected chi connectivity index (χ2v) is 14.5. The van der Waals surface area contributed by atoms with Gasteiger partial charge in [0.25, 0.3) is 0 Å². The molecule has 0 radical (unpaired) electrons. The number of halogens is 2. The minimum Gasteiger partial charge on any atom is -0.489 e. The predicted octanol–water partition coefficient (Wildman–Crippen LogP) is 7.05. The molecule has 10 nitrogen and oxygen atoms in total. The predicted molar refractivity (Wildman–Crippen MR) is 205 cm³/mol. The zero-order valence-electron chi connectivity index (χ0n) is 30.5. The lowest BCUT2D eigenvalue weighted by atomic mass is 9.96. The number of aromatic nitrogens is 1. The van der Waals surface area contributed by atoms with Crippen LogP contribution in [0.15, 0.2) is 67.0 Å². The standard InChI is InChI=1S/C41H46Cl2N4O6/c1-26(11-13-47-14-12-33(50)22-47)53-37-10-6-9-35(40(37)43)34-8-5-7-31(27(34)2)24-52-39-17-38(51-23-30-15-29(18-44)19-45-20-30)32(16-36(39)42)21-46-41(4,25-48)28(3)49/h5-10,15-17,19-20,26,33,46,48,50H,11-14,21-25H2,1-4H3/t26-,33+,41-/m0/s1. The van der Waals surface area contributed by atoms with Crippen molar-refractivity contribution < 1.29 is 29.2 Å². The molecule has 0 bridgehead atoms. The smallest absolute Gasteiger partial charge is 0.151 e. The average Bonchev–Trinajstić information content (AvgIpc) is 3.58. The van der Waals surface area contributed by atoms with E-state index < -0.39 is 5.54 Å². The molecule has 0 unspecified atom stereocenters. The highest BCUT2D eigenvalue weighted by Gasteiger charge is 2.29. The summed E-state index contributed by atoms with van der Waals surface area (Å²) < 4.78 is 18.8. The molecule has 5 rings (SSSR count). The number of carbonyl (C=O) groups is 1. The van der Waals surface area contributed by atoms with Gasteiger partial charge >= 0.3 is 0 Å². The van der Waals surface area contributed by atoms with Crippen molar-refractivity contribution in [2.75, 3.05) is 26.2 Å². The van der Waals surface area contributed by atoms with Gasteiger partial charge in [0.2, 0.25) is 0 Å². The first kappa shape index (κ1) is 40.0. The summed E-state index contributed by atoms with van der Waals surface area (Å²) in [4.78, 5) is 18.6. The number of Topliss-reactive ketones (excluding diaryl/α,β-unsaturated/α-hetero) is 1. The van der Waals surface area contributed by atoms with Crippen molar-refractivity contribution in [2.24, 2.45) is 0 Å². The third-order valence-electron chi connectivity index (χ3n) is 9.71. The molecule has 0 amide bonds. The van der Waals surface area contributed by atoms with Gasteiger partial charge in [-0.25, -0.2) is 0 Å². The maximum atomic E-state index is 12.3. The molecule has 4 aromatic rings. The van der Waals surface area contributed by atoms with Crippen LogP contribution in [0.3, 0.4) is 0 Å². The number of carbonyl (C=O) groups excluding carboxylic acids is 1. The van der Waals surface area contributed by atoms with E-state index in [9.17, 15) is 20.3 Å². The van der Waals surface area contributed by atoms with Crippen LogP contribution in [-0.4, -0.2) is 69.9 Å². The number of nitriles is 1. The van der Waals surface area contributed by atoms with Gasteiger partial charge in [0.15, 0.2) is 5.78 Å². The Morgan fingerprint density at radius 3 is 2.55 bits per heavy atom. The van der Waals surface area contributed by atoms with E-state index >= 15 is 0 Å². The molecule has 1 aliphatic rings. The van der Waals surface area contributed by atoms with Gasteiger partial charge in [-0.3, -0.25) is 15.1 Å². The molecule has 53 heavy (non-hydrogen) atoms. The molecule has 1 fully saturated rings. The van der Waals surface area contributed by atoms with Crippen molar-refractivity contribution in [2.45, 2.75) is 78.0 Å². The van der Waals surface area contributed by atoms with Crippen LogP contribution in [0, 0.1) is 18.3 Å². The fraction of sp³-hybridized carbons (Fsp3) is 0.390. The highest BCUT2D eigenvalue weighted by atomic mass is 35.5. The molecule has 0 spiro atoms. The number of rotatable bonds is 17. The van der Waals surface area contributed by atoms with Gasteiger partial charge in [0.1, 0.15) is 36.5 Å². The molecular weight excluding hydrogens is 715 g/mol. The number of β-amino-alcohol motifs (C(OH)–C–C–N with tert-alkyl or cyclic N) is 1. The maximum absolute atomic E-state index is 12.3. The van der Waals surface area contributed by atoms with Gasteiger partial charge in [-0.2, -0.15) is 5.26 Å². The Morgan fingerprint density at radius 2 is 1.83 bits per heavy atom. The molecule has 280 valence electrons. The summed E-state index contributed by atoms with van der Waals surface area (Å²) in [5.74, 6) is 1.24. The van der Waals surface area contributed by atoms with Gasteiger partial charge in [0.05, 0.1) is 40.0 Å². The number of hydrogen-bond acceptors (Lipinski definition) is 10. The first-order valence-electron chi connectivity index (χ1n) is 17.6. The summed E-state index contributed by atoms with van der Waals surface area (Å²) in [7, 11) is 0. The second kappa shape index (κ2) is 18.2. The lowest BCUT2D eigenvalue weighted by molar-refractivity contribution is -0.124. The van der Waals surface area contributed by atoms with E-state index in [4.69, 9.17) is 37.4 Å². The molecular formula is C41H46Cl2N4O6. The molecule has 1 aliphatic heterocycles. The number of hydrogen-bond donors (Lipinski definition) is 3. The monoisotopic (exact) mass is 760 g/mol. The maximum Gasteiger partial charge on any atom is 0.151 e. The van der Waals surface area contributed by atoms with Gasteiger partial charge < -0.3 is 29.3 Å². The molecule has 0 aliphatic carbocycles. The van der Waals surface area contributed by atoms with Crippen molar-refractivity contribution >= 4 is 29.0 Å². The van der Waals surface area contributed by atoms with Crippen LogP contribution in [0.4, 0.5) is 0 Å². The number of ether oxygens (including phenoxy) is 3. The average molecular weight is 762 g/mol. The second-order valence-electron chi connectivity index (χ2n) is 13.7. The summed E-state index contributed by atoms with van der Waals surface area (Å²) in [5, 5.41) is 33.0. The van der Waals surface area contributed by atoms with E-state index in [0.717, 1.165) is 48.2 Å². The lowest BCUT2D eigenvalue weighted by Gasteiger charge is -2.26. The first-order chi connectivity index (χ1) is 25.4. The number of nitrogens with zero attached hydrogens (tertiary/aromatic N) is 3. The molecule has 1 saturated heterocycles. The number of benzene rings is 3. The Kier molecular flexibility index (Phi) is 13.7. The SMILES string of the molecule is CC(=O)[C@](C)(CO)NCc1cc(Cl)c(OCc2cccc(-c3cccc(O[C@@H](C)CCN4CC[C@@H](O)C4)c3Cl)c2C)cc1OCc1cncc(C#N)c1. The molecule has 3 N–H and O–H groups in total. The molecule has 1 aromatic heterocycles. The van der Waals surface area contributed by atoms with Gasteiger partial charge in [-0.05, 0) is 75.4 Å². The van der Waals surface area contributed by atoms with E-state index in [2.05, 4.69) is 21.3 Å².